The summed E-state index contributed by atoms with van der Waals surface area (Å²) in [6, 6.07) is 0. The molecule has 0 heterocycles. The first-order chi connectivity index (χ1) is 5.45. The molecule has 0 atom stereocenters. The third-order valence-electron chi connectivity index (χ3n) is 1.97. The Morgan fingerprint density at radius 3 is 1.75 bits per heavy atom. The molecule has 2 aliphatic rings. The third kappa shape index (κ3) is 2.26. The molecule has 0 spiro atoms. The summed E-state index contributed by atoms with van der Waals surface area (Å²) in [7, 11) is 0. The Morgan fingerprint density at radius 1 is 0.917 bits per heavy atom. The van der Waals surface area contributed by atoms with Gasteiger partial charge in [-0.2, -0.15) is 29.7 Å². The van der Waals surface area contributed by atoms with Crippen LogP contribution in [0.3, 0.4) is 0 Å². The summed E-state index contributed by atoms with van der Waals surface area (Å²) in [5.41, 5.74) is 2.86. The molecule has 0 nitrogen and oxygen atoms in total. The average Bonchev–Trinajstić information content (AvgIpc) is 2.60. The van der Waals surface area contributed by atoms with E-state index >= 15 is 0 Å². The van der Waals surface area contributed by atoms with Crippen molar-refractivity contribution < 1.29 is 21.7 Å². The van der Waals surface area contributed by atoms with Crippen molar-refractivity contribution in [2.45, 2.75) is 12.8 Å². The van der Waals surface area contributed by atoms with E-state index in [-0.39, 0.29) is 21.7 Å². The fourth-order valence-electron chi connectivity index (χ4n) is 1.38. The predicted octanol–water partition coefficient (Wildman–Crippen LogP) is 2.96. The minimum Gasteiger partial charge on any atom is -0.163 e. The van der Waals surface area contributed by atoms with E-state index in [1.807, 2.05) is 0 Å². The second-order valence-electron chi connectivity index (χ2n) is 2.89. The Bertz CT molecular complexity index is 239. The van der Waals surface area contributed by atoms with Crippen LogP contribution in [0.1, 0.15) is 12.8 Å². The molecule has 0 fully saturated rings. The van der Waals surface area contributed by atoms with E-state index < -0.39 is 0 Å². The summed E-state index contributed by atoms with van der Waals surface area (Å²) in [6.45, 7) is 0. The maximum absolute atomic E-state index is 2.28. The van der Waals surface area contributed by atoms with Gasteiger partial charge in [-0.05, 0) is 12.8 Å². The van der Waals surface area contributed by atoms with E-state index in [1.165, 1.54) is 11.1 Å². The molecule has 58 valence electrons. The Labute approximate surface area is 88.6 Å². The van der Waals surface area contributed by atoms with Crippen LogP contribution in [0.5, 0.6) is 0 Å². The van der Waals surface area contributed by atoms with Crippen LogP contribution in [-0.2, 0) is 21.7 Å². The van der Waals surface area contributed by atoms with Crippen LogP contribution in [0.15, 0.2) is 47.6 Å². The second kappa shape index (κ2) is 4.54. The standard InChI is InChI=1S/C11H11.Ti/c1-2-6-10(5-1)9-11-7-3-4-8-11;/h1-5,7,9H,6,8H2;/q-1;+2. The van der Waals surface area contributed by atoms with E-state index in [9.17, 15) is 0 Å². The van der Waals surface area contributed by atoms with Crippen molar-refractivity contribution in [3.05, 3.63) is 54.0 Å². The van der Waals surface area contributed by atoms with E-state index in [2.05, 4.69) is 42.9 Å². The van der Waals surface area contributed by atoms with E-state index in [4.69, 9.17) is 0 Å². The molecule has 2 aliphatic carbocycles. The summed E-state index contributed by atoms with van der Waals surface area (Å²) in [6.07, 6.45) is 17.5. The Balaban J connectivity index is 0.000000720. The zero-order valence-electron chi connectivity index (χ0n) is 6.96. The molecule has 2 rings (SSSR count). The van der Waals surface area contributed by atoms with Crippen molar-refractivity contribution >= 4 is 0 Å². The van der Waals surface area contributed by atoms with Crippen molar-refractivity contribution in [1.29, 1.82) is 0 Å². The van der Waals surface area contributed by atoms with Crippen LogP contribution in [0.4, 0.5) is 0 Å². The summed E-state index contributed by atoms with van der Waals surface area (Å²) < 4.78 is 0. The molecule has 1 heteroatoms. The Morgan fingerprint density at radius 2 is 1.42 bits per heavy atom. The predicted molar refractivity (Wildman–Crippen MR) is 48.0 cm³/mol. The third-order valence-corrected chi connectivity index (χ3v) is 1.97. The van der Waals surface area contributed by atoms with Gasteiger partial charge in [0.1, 0.15) is 0 Å². The van der Waals surface area contributed by atoms with Crippen LogP contribution in [0.2, 0.25) is 0 Å². The van der Waals surface area contributed by atoms with Crippen molar-refractivity contribution in [1.82, 2.24) is 0 Å². The zero-order valence-corrected chi connectivity index (χ0v) is 8.52. The molecule has 0 aromatic rings. The number of allylic oxidation sites excluding steroid dienone is 8. The van der Waals surface area contributed by atoms with Gasteiger partial charge in [0, 0.05) is 0 Å². The maximum atomic E-state index is 2.28. The number of hydrogen-bond donors (Lipinski definition) is 0. The second-order valence-corrected chi connectivity index (χ2v) is 2.89. The van der Waals surface area contributed by atoms with Crippen molar-refractivity contribution in [2.75, 3.05) is 0 Å². The molecule has 0 aliphatic heterocycles. The first-order valence-corrected chi connectivity index (χ1v) is 4.01. The van der Waals surface area contributed by atoms with Crippen LogP contribution in [0.25, 0.3) is 0 Å². The quantitative estimate of drug-likeness (QED) is 0.465. The van der Waals surface area contributed by atoms with E-state index in [0.717, 1.165) is 12.8 Å². The Hall–Kier alpha value is -0.456. The van der Waals surface area contributed by atoms with Crippen LogP contribution in [0, 0.1) is 6.42 Å². The van der Waals surface area contributed by atoms with Gasteiger partial charge in [0.2, 0.25) is 0 Å². The van der Waals surface area contributed by atoms with Crippen LogP contribution in [-0.4, -0.2) is 0 Å². The monoisotopic (exact) mass is 191 g/mol. The van der Waals surface area contributed by atoms with E-state index in [0.29, 0.717) is 0 Å². The SMILES string of the molecule is C1=CCC([CH-]C2=CC=CC2)=C1.[Ti+2]. The molecule has 0 aromatic carbocycles. The topological polar surface area (TPSA) is 0 Å². The van der Waals surface area contributed by atoms with Gasteiger partial charge < -0.3 is 0 Å². The van der Waals surface area contributed by atoms with Gasteiger partial charge in [-0.3, -0.25) is 0 Å². The molecular weight excluding hydrogens is 180 g/mol. The van der Waals surface area contributed by atoms with Crippen LogP contribution < -0.4 is 0 Å². The van der Waals surface area contributed by atoms with Crippen LogP contribution >= 0.6 is 0 Å². The largest absolute Gasteiger partial charge is 2.00 e. The van der Waals surface area contributed by atoms with Gasteiger partial charge in [0.15, 0.2) is 0 Å². The number of hydrogen-bond acceptors (Lipinski definition) is 0. The van der Waals surface area contributed by atoms with E-state index in [1.54, 1.807) is 0 Å². The summed E-state index contributed by atoms with van der Waals surface area (Å²) >= 11 is 0. The van der Waals surface area contributed by atoms with Gasteiger partial charge in [0.05, 0.1) is 0 Å². The molecule has 0 saturated carbocycles. The van der Waals surface area contributed by atoms with Gasteiger partial charge >= 0.3 is 21.7 Å². The molecule has 0 aromatic heterocycles. The normalized spacial score (nSPS) is 18.7. The molecule has 0 unspecified atom stereocenters. The summed E-state index contributed by atoms with van der Waals surface area (Å²) in [5, 5.41) is 0. The van der Waals surface area contributed by atoms with Crippen molar-refractivity contribution in [2.24, 2.45) is 0 Å². The van der Waals surface area contributed by atoms with Crippen molar-refractivity contribution in [3.8, 4) is 0 Å². The van der Waals surface area contributed by atoms with Gasteiger partial charge in [0.25, 0.3) is 0 Å². The smallest absolute Gasteiger partial charge is 0.163 e. The molecule has 0 N–H and O–H groups in total. The minimum atomic E-state index is 0. The number of rotatable bonds is 2. The summed E-state index contributed by atoms with van der Waals surface area (Å²) in [4.78, 5) is 0. The first-order valence-electron chi connectivity index (χ1n) is 4.01. The molecule has 0 saturated heterocycles. The molecule has 0 amide bonds. The van der Waals surface area contributed by atoms with Crippen molar-refractivity contribution in [3.63, 3.8) is 0 Å². The molecular formula is C11H11Ti+. The van der Waals surface area contributed by atoms with Gasteiger partial charge in [-0.15, -0.1) is 12.2 Å². The zero-order chi connectivity index (χ0) is 7.52. The first kappa shape index (κ1) is 9.63. The van der Waals surface area contributed by atoms with Gasteiger partial charge in [-0.1, -0.05) is 12.2 Å². The molecule has 0 radical (unpaired) electrons. The minimum absolute atomic E-state index is 0. The molecule has 0 bridgehead atoms. The Kier molecular flexibility index (Phi) is 3.64. The van der Waals surface area contributed by atoms with Gasteiger partial charge in [-0.25, -0.2) is 0 Å². The summed E-state index contributed by atoms with van der Waals surface area (Å²) in [5.74, 6) is 0. The average molecular weight is 191 g/mol. The fourth-order valence-corrected chi connectivity index (χ4v) is 1.38. The fraction of sp³-hybridized carbons (Fsp3) is 0.182. The molecule has 12 heavy (non-hydrogen) atoms. The maximum Gasteiger partial charge on any atom is 2.00 e.